The van der Waals surface area contributed by atoms with Crippen LogP contribution in [-0.4, -0.2) is 35.4 Å². The van der Waals surface area contributed by atoms with E-state index in [1.165, 1.54) is 6.07 Å². The third-order valence-electron chi connectivity index (χ3n) is 2.58. The van der Waals surface area contributed by atoms with E-state index in [-0.39, 0.29) is 17.7 Å². The molecule has 2 rings (SSSR count). The molecule has 19 heavy (non-hydrogen) atoms. The van der Waals surface area contributed by atoms with Gasteiger partial charge in [0, 0.05) is 31.1 Å². The first kappa shape index (κ1) is 12.6. The predicted molar refractivity (Wildman–Crippen MR) is 65.7 cm³/mol. The lowest BCUT2D eigenvalue weighted by atomic mass is 10.2. The van der Waals surface area contributed by atoms with Gasteiger partial charge in [0.05, 0.1) is 10.6 Å². The maximum atomic E-state index is 10.8. The number of azide groups is 1. The van der Waals surface area contributed by atoms with E-state index in [1.807, 2.05) is 0 Å². The van der Waals surface area contributed by atoms with Gasteiger partial charge in [0.25, 0.3) is 0 Å². The lowest BCUT2D eigenvalue weighted by molar-refractivity contribution is -0.383. The summed E-state index contributed by atoms with van der Waals surface area (Å²) in [5, 5.41) is 21.5. The van der Waals surface area contributed by atoms with Gasteiger partial charge in [0.1, 0.15) is 0 Å². The number of aromatic nitrogens is 2. The highest BCUT2D eigenvalue weighted by atomic mass is 16.6. The average Bonchev–Trinajstić information content (AvgIpc) is 2.86. The van der Waals surface area contributed by atoms with Crippen LogP contribution < -0.4 is 4.90 Å². The number of anilines is 1. The number of non-ortho nitro benzene ring substituents is 1. The SMILES string of the molecule is CN(CCN=[N+]=[N-])c1ccc([N+](=O)[O-])c2nonc12. The average molecular weight is 263 g/mol. The molecule has 0 aliphatic rings. The smallest absolute Gasteiger partial charge is 0.300 e. The molecule has 0 unspecified atom stereocenters. The molecule has 0 N–H and O–H groups in total. The minimum atomic E-state index is -0.545. The number of nitro benzene ring substituents is 1. The lowest BCUT2D eigenvalue weighted by Gasteiger charge is -2.17. The Morgan fingerprint density at radius 1 is 1.53 bits per heavy atom. The zero-order valence-corrected chi connectivity index (χ0v) is 9.92. The van der Waals surface area contributed by atoms with Gasteiger partial charge in [-0.25, -0.2) is 4.63 Å². The van der Waals surface area contributed by atoms with Crippen molar-refractivity contribution >= 4 is 22.4 Å². The minimum Gasteiger partial charge on any atom is -0.373 e. The highest BCUT2D eigenvalue weighted by Gasteiger charge is 2.20. The summed E-state index contributed by atoms with van der Waals surface area (Å²) < 4.78 is 4.56. The molecule has 0 fully saturated rings. The van der Waals surface area contributed by atoms with Gasteiger partial charge in [-0.15, -0.1) is 0 Å². The number of hydrogen-bond donors (Lipinski definition) is 0. The summed E-state index contributed by atoms with van der Waals surface area (Å²) in [6, 6.07) is 2.90. The molecule has 0 atom stereocenters. The van der Waals surface area contributed by atoms with E-state index in [0.29, 0.717) is 17.7 Å². The lowest BCUT2D eigenvalue weighted by Crippen LogP contribution is -2.20. The zero-order valence-electron chi connectivity index (χ0n) is 9.92. The Morgan fingerprint density at radius 3 is 2.95 bits per heavy atom. The molecule has 1 aromatic heterocycles. The first-order valence-corrected chi connectivity index (χ1v) is 5.27. The number of likely N-dealkylation sites (N-methyl/N-ethyl adjacent to an activating group) is 1. The maximum Gasteiger partial charge on any atom is 0.300 e. The van der Waals surface area contributed by atoms with E-state index in [1.54, 1.807) is 18.0 Å². The second-order valence-corrected chi connectivity index (χ2v) is 3.70. The predicted octanol–water partition coefficient (Wildman–Crippen LogP) is 1.88. The van der Waals surface area contributed by atoms with Crippen LogP contribution in [0, 0.1) is 10.1 Å². The summed E-state index contributed by atoms with van der Waals surface area (Å²) in [5.74, 6) is 0. The molecule has 0 saturated heterocycles. The molecule has 0 amide bonds. The highest BCUT2D eigenvalue weighted by molar-refractivity contribution is 5.93. The Kier molecular flexibility index (Phi) is 3.44. The Labute approximate surface area is 106 Å². The number of nitro groups is 1. The topological polar surface area (TPSA) is 134 Å². The fourth-order valence-electron chi connectivity index (χ4n) is 1.66. The molecular weight excluding hydrogens is 254 g/mol. The molecule has 1 heterocycles. The molecule has 0 aliphatic heterocycles. The number of fused-ring (bicyclic) bond motifs is 1. The van der Waals surface area contributed by atoms with Gasteiger partial charge in [0.15, 0.2) is 5.52 Å². The maximum absolute atomic E-state index is 10.8. The van der Waals surface area contributed by atoms with Gasteiger partial charge >= 0.3 is 5.69 Å². The van der Waals surface area contributed by atoms with Crippen LogP contribution in [0.1, 0.15) is 0 Å². The molecule has 0 radical (unpaired) electrons. The Hall–Kier alpha value is -2.87. The number of rotatable bonds is 5. The minimum absolute atomic E-state index is 0.0955. The van der Waals surface area contributed by atoms with E-state index in [9.17, 15) is 10.1 Å². The second kappa shape index (κ2) is 5.19. The van der Waals surface area contributed by atoms with Crippen molar-refractivity contribution in [2.24, 2.45) is 5.11 Å². The van der Waals surface area contributed by atoms with Crippen molar-refractivity contribution in [3.63, 3.8) is 0 Å². The van der Waals surface area contributed by atoms with E-state index in [0.717, 1.165) is 0 Å². The third kappa shape index (κ3) is 2.38. The number of benzene rings is 1. The van der Waals surface area contributed by atoms with Crippen molar-refractivity contribution in [3.8, 4) is 0 Å². The first-order valence-electron chi connectivity index (χ1n) is 5.27. The van der Waals surface area contributed by atoms with Crippen LogP contribution in [0.25, 0.3) is 21.5 Å². The summed E-state index contributed by atoms with van der Waals surface area (Å²) in [5.41, 5.74) is 9.07. The number of nitrogens with zero attached hydrogens (tertiary/aromatic N) is 7. The summed E-state index contributed by atoms with van der Waals surface area (Å²) in [7, 11) is 1.75. The van der Waals surface area contributed by atoms with Crippen molar-refractivity contribution in [2.75, 3.05) is 25.0 Å². The van der Waals surface area contributed by atoms with Gasteiger partial charge in [-0.3, -0.25) is 10.1 Å². The van der Waals surface area contributed by atoms with E-state index >= 15 is 0 Å². The summed E-state index contributed by atoms with van der Waals surface area (Å²) in [6.45, 7) is 0.723. The van der Waals surface area contributed by atoms with E-state index < -0.39 is 4.92 Å². The fourth-order valence-corrected chi connectivity index (χ4v) is 1.66. The molecular formula is C9H9N7O3. The highest BCUT2D eigenvalue weighted by Crippen LogP contribution is 2.30. The van der Waals surface area contributed by atoms with Crippen molar-refractivity contribution < 1.29 is 9.55 Å². The van der Waals surface area contributed by atoms with Crippen LogP contribution in [0.4, 0.5) is 11.4 Å². The van der Waals surface area contributed by atoms with Crippen molar-refractivity contribution in [1.29, 1.82) is 0 Å². The Balaban J connectivity index is 2.39. The molecule has 98 valence electrons. The normalized spacial score (nSPS) is 10.2. The van der Waals surface area contributed by atoms with Crippen LogP contribution in [0.3, 0.4) is 0 Å². The summed E-state index contributed by atoms with van der Waals surface area (Å²) >= 11 is 0. The van der Waals surface area contributed by atoms with E-state index in [4.69, 9.17) is 5.53 Å². The van der Waals surface area contributed by atoms with Crippen LogP contribution in [0.5, 0.6) is 0 Å². The van der Waals surface area contributed by atoms with Crippen molar-refractivity contribution in [2.45, 2.75) is 0 Å². The Bertz CT molecular complexity index is 661. The van der Waals surface area contributed by atoms with Crippen LogP contribution >= 0.6 is 0 Å². The van der Waals surface area contributed by atoms with Gasteiger partial charge in [0.2, 0.25) is 5.52 Å². The largest absolute Gasteiger partial charge is 0.373 e. The molecule has 2 aromatic rings. The van der Waals surface area contributed by atoms with Gasteiger partial charge < -0.3 is 4.90 Å². The molecule has 1 aromatic carbocycles. The van der Waals surface area contributed by atoms with Gasteiger partial charge in [-0.1, -0.05) is 5.11 Å². The standard InChI is InChI=1S/C9H9N7O3/c1-15(5-4-11-14-10)6-2-3-7(16(17)18)9-8(6)12-19-13-9/h2-3H,4-5H2,1H3. The molecule has 10 heteroatoms. The first-order chi connectivity index (χ1) is 9.15. The van der Waals surface area contributed by atoms with Crippen LogP contribution in [-0.2, 0) is 0 Å². The summed E-state index contributed by atoms with van der Waals surface area (Å²) in [6.07, 6.45) is 0. The van der Waals surface area contributed by atoms with Gasteiger partial charge in [-0.2, -0.15) is 0 Å². The number of hydrogen-bond acceptors (Lipinski definition) is 7. The molecule has 0 spiro atoms. The van der Waals surface area contributed by atoms with Crippen molar-refractivity contribution in [3.05, 3.63) is 32.7 Å². The van der Waals surface area contributed by atoms with Crippen molar-refractivity contribution in [1.82, 2.24) is 10.3 Å². The fraction of sp³-hybridized carbons (Fsp3) is 0.333. The molecule has 0 bridgehead atoms. The monoisotopic (exact) mass is 263 g/mol. The molecule has 0 aliphatic carbocycles. The summed E-state index contributed by atoms with van der Waals surface area (Å²) in [4.78, 5) is 14.7. The Morgan fingerprint density at radius 2 is 2.26 bits per heavy atom. The third-order valence-corrected chi connectivity index (χ3v) is 2.58. The van der Waals surface area contributed by atoms with E-state index in [2.05, 4.69) is 25.0 Å². The van der Waals surface area contributed by atoms with Crippen LogP contribution in [0.15, 0.2) is 21.9 Å². The second-order valence-electron chi connectivity index (χ2n) is 3.70. The molecule has 0 saturated carbocycles. The van der Waals surface area contributed by atoms with Crippen LogP contribution in [0.2, 0.25) is 0 Å². The molecule has 10 nitrogen and oxygen atoms in total. The zero-order chi connectivity index (χ0) is 13.8. The quantitative estimate of drug-likeness (QED) is 0.265. The van der Waals surface area contributed by atoms with Gasteiger partial charge in [-0.05, 0) is 21.9 Å².